The first-order valence-electron chi connectivity index (χ1n) is 10.8. The molecular weight excluding hydrogens is 397 g/mol. The lowest BCUT2D eigenvalue weighted by atomic mass is 9.98. The number of halogens is 1. The molecule has 1 unspecified atom stereocenters. The molecule has 31 heavy (non-hydrogen) atoms. The van der Waals surface area contributed by atoms with Crippen LogP contribution < -0.4 is 0 Å². The molecule has 0 N–H and O–H groups in total. The number of amides is 1. The topological polar surface area (TPSA) is 54.4 Å². The average molecular weight is 423 g/mol. The first-order valence-corrected chi connectivity index (χ1v) is 10.8. The van der Waals surface area contributed by atoms with Crippen molar-refractivity contribution in [2.45, 2.75) is 31.1 Å². The van der Waals surface area contributed by atoms with Crippen LogP contribution >= 0.6 is 0 Å². The summed E-state index contributed by atoms with van der Waals surface area (Å²) in [4.78, 5) is 15.4. The van der Waals surface area contributed by atoms with Crippen molar-refractivity contribution in [1.82, 2.24) is 9.91 Å². The van der Waals surface area contributed by atoms with E-state index in [-0.39, 0.29) is 18.3 Å². The first-order chi connectivity index (χ1) is 15.1. The van der Waals surface area contributed by atoms with Crippen molar-refractivity contribution in [2.75, 3.05) is 32.8 Å². The standard InChI is InChI=1S/C24H26FN3O3/c25-20-9-5-4-8-19(20)22-16-21(18-6-2-1-3-7-18)26-28(22)23(29)17-27-12-10-24(11-13-27)30-14-15-31-24/h1-9,22H,10-17H2. The molecule has 1 spiro atoms. The van der Waals surface area contributed by atoms with E-state index in [1.165, 1.54) is 11.1 Å². The molecule has 6 nitrogen and oxygen atoms in total. The van der Waals surface area contributed by atoms with E-state index in [9.17, 15) is 9.18 Å². The van der Waals surface area contributed by atoms with Crippen LogP contribution in [0.2, 0.25) is 0 Å². The Morgan fingerprint density at radius 3 is 2.42 bits per heavy atom. The van der Waals surface area contributed by atoms with Crippen molar-refractivity contribution in [3.8, 4) is 0 Å². The van der Waals surface area contributed by atoms with E-state index in [0.29, 0.717) is 25.2 Å². The zero-order valence-electron chi connectivity index (χ0n) is 17.4. The Balaban J connectivity index is 1.34. The van der Waals surface area contributed by atoms with E-state index in [1.807, 2.05) is 30.3 Å². The fourth-order valence-electron chi connectivity index (χ4n) is 4.63. The maximum Gasteiger partial charge on any atom is 0.257 e. The molecule has 3 aliphatic rings. The van der Waals surface area contributed by atoms with Gasteiger partial charge in [-0.3, -0.25) is 9.69 Å². The molecule has 0 aromatic heterocycles. The second-order valence-electron chi connectivity index (χ2n) is 8.28. The van der Waals surface area contributed by atoms with E-state index in [1.54, 1.807) is 18.2 Å². The lowest BCUT2D eigenvalue weighted by Crippen LogP contribution is -2.48. The van der Waals surface area contributed by atoms with Gasteiger partial charge in [0.05, 0.1) is 31.5 Å². The fourth-order valence-corrected chi connectivity index (χ4v) is 4.63. The Hall–Kier alpha value is -2.61. The second-order valence-corrected chi connectivity index (χ2v) is 8.28. The molecule has 5 rings (SSSR count). The molecule has 7 heteroatoms. The number of rotatable bonds is 4. The Labute approximate surface area is 181 Å². The van der Waals surface area contributed by atoms with Crippen LogP contribution in [0.3, 0.4) is 0 Å². The van der Waals surface area contributed by atoms with Crippen molar-refractivity contribution in [3.63, 3.8) is 0 Å². The number of nitrogens with zero attached hydrogens (tertiary/aromatic N) is 3. The quantitative estimate of drug-likeness (QED) is 0.757. The van der Waals surface area contributed by atoms with Crippen LogP contribution in [0.25, 0.3) is 0 Å². The van der Waals surface area contributed by atoms with E-state index >= 15 is 0 Å². The number of ether oxygens (including phenoxy) is 2. The molecule has 0 bridgehead atoms. The summed E-state index contributed by atoms with van der Waals surface area (Å²) in [6.45, 7) is 2.95. The van der Waals surface area contributed by atoms with E-state index in [4.69, 9.17) is 9.47 Å². The summed E-state index contributed by atoms with van der Waals surface area (Å²) in [5.74, 6) is -0.907. The molecule has 2 aromatic rings. The van der Waals surface area contributed by atoms with E-state index < -0.39 is 11.8 Å². The highest BCUT2D eigenvalue weighted by atomic mass is 19.1. The van der Waals surface area contributed by atoms with Gasteiger partial charge in [0.25, 0.3) is 5.91 Å². The number of benzene rings is 2. The number of carbonyl (C=O) groups is 1. The SMILES string of the molecule is O=C(CN1CCC2(CC1)OCCO2)N1N=C(c2ccccc2)CC1c1ccccc1F. The Morgan fingerprint density at radius 2 is 1.71 bits per heavy atom. The van der Waals surface area contributed by atoms with Crippen LogP contribution in [0, 0.1) is 5.82 Å². The van der Waals surface area contributed by atoms with Gasteiger partial charge in [-0.1, -0.05) is 48.5 Å². The van der Waals surface area contributed by atoms with Crippen LogP contribution in [0.5, 0.6) is 0 Å². The summed E-state index contributed by atoms with van der Waals surface area (Å²) >= 11 is 0. The highest BCUT2D eigenvalue weighted by Gasteiger charge is 2.41. The predicted molar refractivity (Wildman–Crippen MR) is 114 cm³/mol. The Morgan fingerprint density at radius 1 is 1.03 bits per heavy atom. The van der Waals surface area contributed by atoms with Crippen molar-refractivity contribution in [1.29, 1.82) is 0 Å². The van der Waals surface area contributed by atoms with Gasteiger partial charge >= 0.3 is 0 Å². The molecule has 2 saturated heterocycles. The van der Waals surface area contributed by atoms with Gasteiger partial charge in [0.15, 0.2) is 5.79 Å². The highest BCUT2D eigenvalue weighted by molar-refractivity contribution is 6.03. The summed E-state index contributed by atoms with van der Waals surface area (Å²) in [5, 5.41) is 6.13. The Bertz CT molecular complexity index is 965. The van der Waals surface area contributed by atoms with E-state index in [0.717, 1.165) is 37.2 Å². The molecular formula is C24H26FN3O3. The van der Waals surface area contributed by atoms with Crippen LogP contribution in [-0.2, 0) is 14.3 Å². The van der Waals surface area contributed by atoms with Gasteiger partial charge in [-0.2, -0.15) is 5.10 Å². The zero-order valence-corrected chi connectivity index (χ0v) is 17.4. The number of carbonyl (C=O) groups excluding carboxylic acids is 1. The largest absolute Gasteiger partial charge is 0.347 e. The average Bonchev–Trinajstić information content (AvgIpc) is 3.44. The minimum atomic E-state index is -0.471. The Kier molecular flexibility index (Phi) is 5.56. The monoisotopic (exact) mass is 423 g/mol. The molecule has 3 aliphatic heterocycles. The highest BCUT2D eigenvalue weighted by Crippen LogP contribution is 2.35. The lowest BCUT2D eigenvalue weighted by molar-refractivity contribution is -0.186. The number of likely N-dealkylation sites (tertiary alicyclic amines) is 1. The third kappa shape index (κ3) is 4.13. The summed E-state index contributed by atoms with van der Waals surface area (Å²) in [6.07, 6.45) is 1.98. The number of hydrogen-bond acceptors (Lipinski definition) is 5. The fraction of sp³-hybridized carbons (Fsp3) is 0.417. The molecule has 0 aliphatic carbocycles. The lowest BCUT2D eigenvalue weighted by Gasteiger charge is -2.37. The smallest absolute Gasteiger partial charge is 0.257 e. The van der Waals surface area contributed by atoms with Gasteiger partial charge in [0.1, 0.15) is 5.82 Å². The van der Waals surface area contributed by atoms with Gasteiger partial charge in [0, 0.05) is 37.9 Å². The second kappa shape index (κ2) is 8.49. The van der Waals surface area contributed by atoms with Gasteiger partial charge in [-0.05, 0) is 11.6 Å². The molecule has 1 amide bonds. The van der Waals surface area contributed by atoms with Gasteiger partial charge in [-0.25, -0.2) is 9.40 Å². The third-order valence-electron chi connectivity index (χ3n) is 6.33. The van der Waals surface area contributed by atoms with Crippen LogP contribution in [0.4, 0.5) is 4.39 Å². The van der Waals surface area contributed by atoms with Crippen LogP contribution in [0.15, 0.2) is 59.7 Å². The third-order valence-corrected chi connectivity index (χ3v) is 6.33. The zero-order chi connectivity index (χ0) is 21.3. The predicted octanol–water partition coefficient (Wildman–Crippen LogP) is 3.34. The number of piperidine rings is 1. The van der Waals surface area contributed by atoms with E-state index in [2.05, 4.69) is 10.0 Å². The van der Waals surface area contributed by atoms with Crippen molar-refractivity contribution in [3.05, 3.63) is 71.5 Å². The first kappa shape index (κ1) is 20.3. The summed E-state index contributed by atoms with van der Waals surface area (Å²) < 4.78 is 26.2. The summed E-state index contributed by atoms with van der Waals surface area (Å²) in [5.41, 5.74) is 2.25. The van der Waals surface area contributed by atoms with Crippen molar-refractivity contribution >= 4 is 11.6 Å². The number of hydrazone groups is 1. The molecule has 162 valence electrons. The molecule has 1 atom stereocenters. The normalized spacial score (nSPS) is 23.3. The summed E-state index contributed by atoms with van der Waals surface area (Å²) in [6, 6.07) is 16.0. The van der Waals surface area contributed by atoms with Crippen molar-refractivity contribution in [2.24, 2.45) is 5.10 Å². The number of hydrogen-bond donors (Lipinski definition) is 0. The molecule has 0 saturated carbocycles. The maximum atomic E-state index is 14.6. The minimum absolute atomic E-state index is 0.122. The molecule has 0 radical (unpaired) electrons. The maximum absolute atomic E-state index is 14.6. The van der Waals surface area contributed by atoms with Crippen molar-refractivity contribution < 1.29 is 18.7 Å². The van der Waals surface area contributed by atoms with Crippen LogP contribution in [0.1, 0.15) is 36.4 Å². The molecule has 2 fully saturated rings. The van der Waals surface area contributed by atoms with Gasteiger partial charge in [-0.15, -0.1) is 0 Å². The minimum Gasteiger partial charge on any atom is -0.347 e. The molecule has 3 heterocycles. The summed E-state index contributed by atoms with van der Waals surface area (Å²) in [7, 11) is 0. The van der Waals surface area contributed by atoms with Gasteiger partial charge in [0.2, 0.25) is 0 Å². The van der Waals surface area contributed by atoms with Crippen LogP contribution in [-0.4, -0.2) is 60.2 Å². The molecule has 2 aromatic carbocycles. The van der Waals surface area contributed by atoms with Gasteiger partial charge < -0.3 is 9.47 Å².